The van der Waals surface area contributed by atoms with E-state index in [1.807, 2.05) is 85.4 Å². The molecule has 3 heterocycles. The van der Waals surface area contributed by atoms with Crippen molar-refractivity contribution >= 4 is 45.7 Å². The molecule has 1 aromatic heterocycles. The first kappa shape index (κ1) is 50.6. The van der Waals surface area contributed by atoms with Crippen molar-refractivity contribution in [3.8, 4) is 22.3 Å². The van der Waals surface area contributed by atoms with Crippen molar-refractivity contribution in [1.82, 2.24) is 15.0 Å². The van der Waals surface area contributed by atoms with Gasteiger partial charge in [-0.3, -0.25) is 0 Å². The molecule has 8 aromatic rings. The van der Waals surface area contributed by atoms with Crippen molar-refractivity contribution in [2.75, 3.05) is 76.0 Å². The molecule has 0 bridgehead atoms. The molecule has 0 unspecified atom stereocenters. The number of cyclic esters (lactones) is 2. The molecule has 0 saturated carbocycles. The van der Waals surface area contributed by atoms with E-state index in [-0.39, 0.29) is 0 Å². The largest absolute Gasteiger partial charge is 0.441 e. The SMILES string of the molecule is CCCCCCCCCCn1nc2c(-c3ccc4c(c3)C(=O)OC4(c3ccc(N(C)C)cc3)c3ccc(N(C)C)cc3)ccc(-c3ccc4c(c3)C(=O)OC4(c3ccc(N(C)C)cc3)c3ccc(N(C)C)cc3)c2n1. The van der Waals surface area contributed by atoms with Crippen LogP contribution in [0.25, 0.3) is 33.3 Å². The van der Waals surface area contributed by atoms with Gasteiger partial charge in [-0.1, -0.05) is 137 Å². The fourth-order valence-electron chi connectivity index (χ4n) is 11.0. The van der Waals surface area contributed by atoms with Gasteiger partial charge >= 0.3 is 11.9 Å². The Morgan fingerprint density at radius 2 is 0.720 bits per heavy atom. The van der Waals surface area contributed by atoms with Crippen LogP contribution in [0.1, 0.15) is 112 Å². The molecule has 2 aliphatic rings. The Morgan fingerprint density at radius 3 is 1.04 bits per heavy atom. The molecule has 0 fully saturated rings. The fraction of sp³-hybridized carbons (Fsp3) is 0.312. The number of nitrogens with zero attached hydrogens (tertiary/aromatic N) is 7. The molecule has 0 N–H and O–H groups in total. The summed E-state index contributed by atoms with van der Waals surface area (Å²) in [5.41, 5.74) is 12.6. The molecule has 0 spiro atoms. The predicted molar refractivity (Wildman–Crippen MR) is 305 cm³/mol. The molecule has 11 heteroatoms. The van der Waals surface area contributed by atoms with Gasteiger partial charge < -0.3 is 29.1 Å². The van der Waals surface area contributed by atoms with Crippen LogP contribution in [0.2, 0.25) is 0 Å². The fourth-order valence-corrected chi connectivity index (χ4v) is 11.0. The van der Waals surface area contributed by atoms with E-state index in [4.69, 9.17) is 19.7 Å². The molecule has 384 valence electrons. The summed E-state index contributed by atoms with van der Waals surface area (Å²) in [6, 6.07) is 49.3. The van der Waals surface area contributed by atoms with E-state index in [0.29, 0.717) is 28.7 Å². The first-order chi connectivity index (χ1) is 36.2. The number of aryl methyl sites for hydroxylation is 1. The zero-order valence-electron chi connectivity index (χ0n) is 45.0. The molecule has 0 amide bonds. The maximum atomic E-state index is 14.4. The Labute approximate surface area is 442 Å². The second kappa shape index (κ2) is 20.8. The van der Waals surface area contributed by atoms with Crippen LogP contribution in [0.3, 0.4) is 0 Å². The van der Waals surface area contributed by atoms with Crippen LogP contribution in [0.15, 0.2) is 146 Å². The highest BCUT2D eigenvalue weighted by Gasteiger charge is 2.50. The normalized spacial score (nSPS) is 14.1. The summed E-state index contributed by atoms with van der Waals surface area (Å²) in [7, 11) is 16.1. The topological polar surface area (TPSA) is 96.3 Å². The number of hydrogen-bond acceptors (Lipinski definition) is 10. The lowest BCUT2D eigenvalue weighted by molar-refractivity contribution is 0.0242. The first-order valence-electron chi connectivity index (χ1n) is 26.5. The minimum atomic E-state index is -1.17. The predicted octanol–water partition coefficient (Wildman–Crippen LogP) is 13.1. The lowest BCUT2D eigenvalue weighted by Crippen LogP contribution is -2.29. The van der Waals surface area contributed by atoms with Crippen LogP contribution in [-0.4, -0.2) is 83.3 Å². The summed E-state index contributed by atoms with van der Waals surface area (Å²) in [4.78, 5) is 38.9. The average molecular weight is 1000 g/mol. The van der Waals surface area contributed by atoms with E-state index in [0.717, 1.165) is 91.2 Å². The second-order valence-electron chi connectivity index (χ2n) is 21.1. The summed E-state index contributed by atoms with van der Waals surface area (Å²) in [6.07, 6.45) is 9.55. The van der Waals surface area contributed by atoms with Crippen molar-refractivity contribution < 1.29 is 19.1 Å². The summed E-state index contributed by atoms with van der Waals surface area (Å²) in [6.45, 7) is 2.92. The highest BCUT2D eigenvalue weighted by molar-refractivity contribution is 6.04. The van der Waals surface area contributed by atoms with Gasteiger partial charge in [0, 0.05) is 124 Å². The van der Waals surface area contributed by atoms with Crippen molar-refractivity contribution in [3.63, 3.8) is 0 Å². The molecule has 11 nitrogen and oxygen atoms in total. The van der Waals surface area contributed by atoms with Gasteiger partial charge in [0.05, 0.1) is 17.7 Å². The number of esters is 2. The van der Waals surface area contributed by atoms with Crippen molar-refractivity contribution in [1.29, 1.82) is 0 Å². The number of fused-ring (bicyclic) bond motifs is 3. The van der Waals surface area contributed by atoms with Crippen LogP contribution >= 0.6 is 0 Å². The van der Waals surface area contributed by atoms with E-state index in [2.05, 4.69) is 148 Å². The van der Waals surface area contributed by atoms with Gasteiger partial charge in [-0.05, 0) is 78.2 Å². The van der Waals surface area contributed by atoms with Crippen LogP contribution < -0.4 is 19.6 Å². The summed E-state index contributed by atoms with van der Waals surface area (Å²) < 4.78 is 13.3. The molecule has 7 aromatic carbocycles. The van der Waals surface area contributed by atoms with Gasteiger partial charge in [0.1, 0.15) is 11.0 Å². The van der Waals surface area contributed by atoms with Gasteiger partial charge in [-0.25, -0.2) is 9.59 Å². The lowest BCUT2D eigenvalue weighted by atomic mass is 9.79. The maximum absolute atomic E-state index is 14.4. The minimum Gasteiger partial charge on any atom is -0.441 e. The summed E-state index contributed by atoms with van der Waals surface area (Å²) >= 11 is 0. The zero-order chi connectivity index (χ0) is 52.6. The Morgan fingerprint density at radius 1 is 0.400 bits per heavy atom. The maximum Gasteiger partial charge on any atom is 0.340 e. The Hall–Kier alpha value is -7.92. The molecule has 75 heavy (non-hydrogen) atoms. The molecule has 10 rings (SSSR count). The molecular weight excluding hydrogens is 931 g/mol. The van der Waals surface area contributed by atoms with Crippen molar-refractivity contribution in [2.24, 2.45) is 0 Å². The van der Waals surface area contributed by atoms with Crippen molar-refractivity contribution in [2.45, 2.75) is 76.0 Å². The third kappa shape index (κ3) is 9.27. The standard InChI is InChI=1S/C64H69N7O4/c1-10-11-12-13-14-15-16-17-40-71-65-59-53(43-18-38-57-55(41-43)61(72)74-63(57,45-20-28-49(29-21-45)67(2)3)46-22-30-50(31-23-46)68(4)5)36-37-54(60(59)66-71)44-19-39-58-56(42-44)62(73)75-64(58,47-24-32-51(33-25-47)69(6)7)48-26-34-52(35-27-48)70(8)9/h18-39,41-42H,10-17,40H2,1-9H3. The number of anilines is 4. The first-order valence-corrected chi connectivity index (χ1v) is 26.5. The number of hydrogen-bond donors (Lipinski definition) is 0. The molecule has 0 atom stereocenters. The molecule has 0 aliphatic carbocycles. The second-order valence-corrected chi connectivity index (χ2v) is 21.1. The molecule has 0 saturated heterocycles. The highest BCUT2D eigenvalue weighted by Crippen LogP contribution is 2.51. The number of aromatic nitrogens is 3. The Balaban J connectivity index is 1.07. The van der Waals surface area contributed by atoms with Gasteiger partial charge in [0.15, 0.2) is 11.2 Å². The van der Waals surface area contributed by atoms with Gasteiger partial charge in [0.2, 0.25) is 0 Å². The summed E-state index contributed by atoms with van der Waals surface area (Å²) in [5.74, 6) is -0.787. The van der Waals surface area contributed by atoms with E-state index in [9.17, 15) is 9.59 Å². The van der Waals surface area contributed by atoms with Crippen molar-refractivity contribution in [3.05, 3.63) is 190 Å². The van der Waals surface area contributed by atoms with E-state index in [1.165, 1.54) is 38.5 Å². The number of rotatable bonds is 19. The number of unbranched alkanes of at least 4 members (excludes halogenated alkanes) is 7. The third-order valence-corrected chi connectivity index (χ3v) is 15.3. The molecule has 0 radical (unpaired) electrons. The van der Waals surface area contributed by atoms with Crippen LogP contribution in [-0.2, 0) is 27.2 Å². The van der Waals surface area contributed by atoms with E-state index < -0.39 is 23.1 Å². The third-order valence-electron chi connectivity index (χ3n) is 15.3. The molecule has 2 aliphatic heterocycles. The van der Waals surface area contributed by atoms with E-state index >= 15 is 0 Å². The van der Waals surface area contributed by atoms with E-state index in [1.54, 1.807) is 0 Å². The average Bonchev–Trinajstić information content (AvgIpc) is 4.09. The number of carbonyl (C=O) groups excluding carboxylic acids is 2. The monoisotopic (exact) mass is 1000 g/mol. The zero-order valence-corrected chi connectivity index (χ0v) is 45.0. The van der Waals surface area contributed by atoms with Crippen LogP contribution in [0, 0.1) is 0 Å². The highest BCUT2D eigenvalue weighted by atomic mass is 16.6. The number of carbonyl (C=O) groups is 2. The van der Waals surface area contributed by atoms with Gasteiger partial charge in [0.25, 0.3) is 0 Å². The minimum absolute atomic E-state index is 0.394. The smallest absolute Gasteiger partial charge is 0.340 e. The van der Waals surface area contributed by atoms with Gasteiger partial charge in [-0.15, -0.1) is 0 Å². The quantitative estimate of drug-likeness (QED) is 0.0575. The van der Waals surface area contributed by atoms with Gasteiger partial charge in [-0.2, -0.15) is 15.0 Å². The lowest BCUT2D eigenvalue weighted by Gasteiger charge is -2.31. The number of benzene rings is 7. The van der Waals surface area contributed by atoms with Crippen LogP contribution in [0.4, 0.5) is 22.7 Å². The molecular formula is C64H69N7O4. The summed E-state index contributed by atoms with van der Waals surface area (Å²) in [5, 5.41) is 10.5. The number of ether oxygens (including phenoxy) is 2. The van der Waals surface area contributed by atoms with Crippen LogP contribution in [0.5, 0.6) is 0 Å². The Kier molecular flexibility index (Phi) is 14.0. The Bertz CT molecular complexity index is 3040.